The van der Waals surface area contributed by atoms with Crippen LogP contribution in [-0.2, 0) is 11.2 Å². The van der Waals surface area contributed by atoms with E-state index < -0.39 is 0 Å². The van der Waals surface area contributed by atoms with Crippen LogP contribution < -0.4 is 5.73 Å². The van der Waals surface area contributed by atoms with Crippen LogP contribution >= 0.6 is 0 Å². The Morgan fingerprint density at radius 1 is 1.33 bits per heavy atom. The summed E-state index contributed by atoms with van der Waals surface area (Å²) >= 11 is 0. The molecular weight excluding hydrogens is 188 g/mol. The van der Waals surface area contributed by atoms with Crippen molar-refractivity contribution in [3.05, 3.63) is 41.6 Å². The summed E-state index contributed by atoms with van der Waals surface area (Å²) in [6.07, 6.45) is 0.269. The molecule has 0 fully saturated rings. The molecule has 3 nitrogen and oxygen atoms in total. The van der Waals surface area contributed by atoms with Gasteiger partial charge in [0.1, 0.15) is 0 Å². The van der Waals surface area contributed by atoms with Gasteiger partial charge in [0.25, 0.3) is 0 Å². The molecule has 0 atom stereocenters. The van der Waals surface area contributed by atoms with Crippen molar-refractivity contribution < 1.29 is 4.79 Å². The number of benzene rings is 1. The Labute approximate surface area is 87.9 Å². The summed E-state index contributed by atoms with van der Waals surface area (Å²) in [7, 11) is 0. The van der Waals surface area contributed by atoms with Crippen molar-refractivity contribution in [2.75, 3.05) is 0 Å². The van der Waals surface area contributed by atoms with Crippen molar-refractivity contribution in [2.45, 2.75) is 13.3 Å². The van der Waals surface area contributed by atoms with Gasteiger partial charge in [0, 0.05) is 11.1 Å². The maximum Gasteiger partial charge on any atom is 0.221 e. The van der Waals surface area contributed by atoms with E-state index in [1.54, 1.807) is 0 Å². The molecule has 1 heterocycles. The molecule has 0 aliphatic rings. The number of fused-ring (bicyclic) bond motifs is 1. The normalized spacial score (nSPS) is 10.5. The average molecular weight is 200 g/mol. The van der Waals surface area contributed by atoms with Crippen molar-refractivity contribution in [3.8, 4) is 0 Å². The van der Waals surface area contributed by atoms with E-state index in [2.05, 4.69) is 4.98 Å². The molecule has 2 N–H and O–H groups in total. The molecule has 0 spiro atoms. The first kappa shape index (κ1) is 9.65. The summed E-state index contributed by atoms with van der Waals surface area (Å²) in [6.45, 7) is 1.94. The van der Waals surface area contributed by atoms with Gasteiger partial charge in [-0.25, -0.2) is 0 Å². The second-order valence-electron chi connectivity index (χ2n) is 3.62. The van der Waals surface area contributed by atoms with Crippen LogP contribution in [0, 0.1) is 6.92 Å². The zero-order chi connectivity index (χ0) is 10.8. The highest BCUT2D eigenvalue weighted by atomic mass is 16.1. The van der Waals surface area contributed by atoms with Gasteiger partial charge in [-0.15, -0.1) is 0 Å². The fourth-order valence-electron chi connectivity index (χ4n) is 1.58. The molecule has 0 saturated heterocycles. The highest BCUT2D eigenvalue weighted by Crippen LogP contribution is 2.14. The van der Waals surface area contributed by atoms with Gasteiger partial charge in [0.2, 0.25) is 5.91 Å². The molecule has 0 aliphatic carbocycles. The Hall–Kier alpha value is -1.90. The monoisotopic (exact) mass is 200 g/mol. The summed E-state index contributed by atoms with van der Waals surface area (Å²) < 4.78 is 0. The molecule has 0 unspecified atom stereocenters. The fraction of sp³-hybridized carbons (Fsp3) is 0.167. The zero-order valence-corrected chi connectivity index (χ0v) is 8.53. The lowest BCUT2D eigenvalue weighted by Gasteiger charge is -2.01. The predicted octanol–water partition coefficient (Wildman–Crippen LogP) is 1.57. The van der Waals surface area contributed by atoms with E-state index in [1.807, 2.05) is 37.3 Å². The maximum absolute atomic E-state index is 10.8. The summed E-state index contributed by atoms with van der Waals surface area (Å²) in [5, 5.41) is 1.08. The number of carbonyl (C=O) groups is 1. The molecular formula is C12H12N2O. The van der Waals surface area contributed by atoms with E-state index in [1.165, 1.54) is 0 Å². The minimum atomic E-state index is -0.318. The van der Waals surface area contributed by atoms with Crippen LogP contribution in [0.5, 0.6) is 0 Å². The van der Waals surface area contributed by atoms with Crippen molar-refractivity contribution in [2.24, 2.45) is 5.73 Å². The second kappa shape index (κ2) is 3.69. The lowest BCUT2D eigenvalue weighted by atomic mass is 10.1. The molecule has 0 aliphatic heterocycles. The number of hydrogen-bond donors (Lipinski definition) is 1. The number of nitrogens with two attached hydrogens (primary N) is 1. The standard InChI is InChI=1S/C12H12N2O/c1-8-2-4-10-5-3-9(7-12(13)15)6-11(10)14-8/h2-6H,7H2,1H3,(H2,13,15). The Morgan fingerprint density at radius 3 is 2.80 bits per heavy atom. The first-order chi connectivity index (χ1) is 7.15. The predicted molar refractivity (Wildman–Crippen MR) is 59.4 cm³/mol. The number of aromatic nitrogens is 1. The molecule has 15 heavy (non-hydrogen) atoms. The van der Waals surface area contributed by atoms with Crippen LogP contribution in [0.4, 0.5) is 0 Å². The van der Waals surface area contributed by atoms with Crippen LogP contribution in [0.25, 0.3) is 10.9 Å². The number of amides is 1. The van der Waals surface area contributed by atoms with Crippen LogP contribution in [0.3, 0.4) is 0 Å². The number of carbonyl (C=O) groups excluding carboxylic acids is 1. The lowest BCUT2D eigenvalue weighted by molar-refractivity contribution is -0.117. The molecule has 2 aromatic rings. The lowest BCUT2D eigenvalue weighted by Crippen LogP contribution is -2.13. The third kappa shape index (κ3) is 2.13. The summed E-state index contributed by atoms with van der Waals surface area (Å²) in [5.41, 5.74) is 7.93. The van der Waals surface area contributed by atoms with Gasteiger partial charge < -0.3 is 5.73 Å². The number of primary amides is 1. The fourth-order valence-corrected chi connectivity index (χ4v) is 1.58. The van der Waals surface area contributed by atoms with E-state index in [0.29, 0.717) is 0 Å². The van der Waals surface area contributed by atoms with Crippen molar-refractivity contribution >= 4 is 16.8 Å². The smallest absolute Gasteiger partial charge is 0.221 e. The van der Waals surface area contributed by atoms with Crippen LogP contribution in [-0.4, -0.2) is 10.9 Å². The van der Waals surface area contributed by atoms with Crippen LogP contribution in [0.2, 0.25) is 0 Å². The highest BCUT2D eigenvalue weighted by Gasteiger charge is 2.01. The molecule has 2 rings (SSSR count). The Bertz CT molecular complexity index is 520. The average Bonchev–Trinajstić information content (AvgIpc) is 2.16. The first-order valence-electron chi connectivity index (χ1n) is 4.80. The maximum atomic E-state index is 10.8. The number of hydrogen-bond acceptors (Lipinski definition) is 2. The van der Waals surface area contributed by atoms with E-state index >= 15 is 0 Å². The van der Waals surface area contributed by atoms with Gasteiger partial charge in [-0.2, -0.15) is 0 Å². The number of pyridine rings is 1. The first-order valence-corrected chi connectivity index (χ1v) is 4.80. The van der Waals surface area contributed by atoms with E-state index in [4.69, 9.17) is 5.73 Å². The Kier molecular flexibility index (Phi) is 2.37. The number of aryl methyl sites for hydroxylation is 1. The molecule has 3 heteroatoms. The number of rotatable bonds is 2. The largest absolute Gasteiger partial charge is 0.369 e. The highest BCUT2D eigenvalue weighted by molar-refractivity contribution is 5.82. The third-order valence-corrected chi connectivity index (χ3v) is 2.27. The zero-order valence-electron chi connectivity index (χ0n) is 8.53. The molecule has 0 bridgehead atoms. The number of nitrogens with zero attached hydrogens (tertiary/aromatic N) is 1. The summed E-state index contributed by atoms with van der Waals surface area (Å²) in [5.74, 6) is -0.318. The molecule has 1 aromatic heterocycles. The van der Waals surface area contributed by atoms with Crippen molar-refractivity contribution in [3.63, 3.8) is 0 Å². The molecule has 0 radical (unpaired) electrons. The van der Waals surface area contributed by atoms with E-state index in [0.717, 1.165) is 22.2 Å². The van der Waals surface area contributed by atoms with Gasteiger partial charge >= 0.3 is 0 Å². The van der Waals surface area contributed by atoms with Crippen LogP contribution in [0.1, 0.15) is 11.3 Å². The Morgan fingerprint density at radius 2 is 2.07 bits per heavy atom. The van der Waals surface area contributed by atoms with Gasteiger partial charge in [-0.1, -0.05) is 18.2 Å². The van der Waals surface area contributed by atoms with Gasteiger partial charge in [0.05, 0.1) is 11.9 Å². The molecule has 0 saturated carbocycles. The van der Waals surface area contributed by atoms with Gasteiger partial charge in [-0.05, 0) is 24.6 Å². The van der Waals surface area contributed by atoms with Gasteiger partial charge in [0.15, 0.2) is 0 Å². The minimum absolute atomic E-state index is 0.269. The Balaban J connectivity index is 2.49. The topological polar surface area (TPSA) is 56.0 Å². The second-order valence-corrected chi connectivity index (χ2v) is 3.62. The molecule has 1 aromatic carbocycles. The molecule has 76 valence electrons. The summed E-state index contributed by atoms with van der Waals surface area (Å²) in [4.78, 5) is 15.2. The third-order valence-electron chi connectivity index (χ3n) is 2.27. The van der Waals surface area contributed by atoms with Gasteiger partial charge in [-0.3, -0.25) is 9.78 Å². The minimum Gasteiger partial charge on any atom is -0.369 e. The van der Waals surface area contributed by atoms with Crippen molar-refractivity contribution in [1.82, 2.24) is 4.98 Å². The van der Waals surface area contributed by atoms with E-state index in [-0.39, 0.29) is 12.3 Å². The van der Waals surface area contributed by atoms with Crippen molar-refractivity contribution in [1.29, 1.82) is 0 Å². The van der Waals surface area contributed by atoms with E-state index in [9.17, 15) is 4.79 Å². The quantitative estimate of drug-likeness (QED) is 0.800. The SMILES string of the molecule is Cc1ccc2ccc(CC(N)=O)cc2n1. The summed E-state index contributed by atoms with van der Waals surface area (Å²) in [6, 6.07) is 9.76. The van der Waals surface area contributed by atoms with Crippen LogP contribution in [0.15, 0.2) is 30.3 Å². The molecule has 1 amide bonds.